The number of carbonyl (C=O) groups is 2. The summed E-state index contributed by atoms with van der Waals surface area (Å²) < 4.78 is 5.45. The Hall–Kier alpha value is -1.14. The topological polar surface area (TPSA) is 107 Å². The molecule has 2 atom stereocenters. The number of urea groups is 1. The summed E-state index contributed by atoms with van der Waals surface area (Å²) in [5, 5.41) is 1.95. The summed E-state index contributed by atoms with van der Waals surface area (Å²) in [4.78, 5) is 21.7. The molecular formula is C9H19N3O3. The number of hydrogen-bond donors (Lipinski definition) is 3. The van der Waals surface area contributed by atoms with Gasteiger partial charge in [-0.15, -0.1) is 0 Å². The number of carbonyl (C=O) groups excluding carboxylic acids is 2. The van der Waals surface area contributed by atoms with Gasteiger partial charge in [0, 0.05) is 6.54 Å². The number of nitrogens with two attached hydrogens (primary N) is 2. The van der Waals surface area contributed by atoms with Crippen LogP contribution in [0.4, 0.5) is 4.79 Å². The van der Waals surface area contributed by atoms with Crippen LogP contribution >= 0.6 is 0 Å². The molecule has 5 N–H and O–H groups in total. The summed E-state index contributed by atoms with van der Waals surface area (Å²) in [5.41, 5.74) is 9.77. The van der Waals surface area contributed by atoms with Crippen molar-refractivity contribution in [1.82, 2.24) is 5.32 Å². The van der Waals surface area contributed by atoms with Crippen LogP contribution in [0, 0.1) is 0 Å². The SMILES string of the molecule is CCC(C)(CN)OC(C)C(=O)NC(N)=O. The van der Waals surface area contributed by atoms with E-state index in [4.69, 9.17) is 16.2 Å². The molecule has 0 heterocycles. The average Bonchev–Trinajstić information content (AvgIpc) is 2.16. The van der Waals surface area contributed by atoms with E-state index >= 15 is 0 Å². The molecule has 6 heteroatoms. The van der Waals surface area contributed by atoms with Crippen LogP contribution < -0.4 is 16.8 Å². The van der Waals surface area contributed by atoms with Crippen molar-refractivity contribution in [1.29, 1.82) is 0 Å². The van der Waals surface area contributed by atoms with Crippen LogP contribution in [-0.4, -0.2) is 30.2 Å². The van der Waals surface area contributed by atoms with Crippen molar-refractivity contribution in [3.8, 4) is 0 Å². The normalized spacial score (nSPS) is 16.5. The second-order valence-electron chi connectivity index (χ2n) is 3.62. The number of imide groups is 1. The fourth-order valence-electron chi connectivity index (χ4n) is 0.979. The number of rotatable bonds is 5. The molecular weight excluding hydrogens is 198 g/mol. The first-order valence-electron chi connectivity index (χ1n) is 4.83. The number of ether oxygens (including phenoxy) is 1. The monoisotopic (exact) mass is 217 g/mol. The molecule has 0 radical (unpaired) electrons. The van der Waals surface area contributed by atoms with Gasteiger partial charge >= 0.3 is 6.03 Å². The van der Waals surface area contributed by atoms with Gasteiger partial charge in [-0.1, -0.05) is 6.92 Å². The maximum Gasteiger partial charge on any atom is 0.318 e. The van der Waals surface area contributed by atoms with Gasteiger partial charge in [-0.2, -0.15) is 0 Å². The Morgan fingerprint density at radius 1 is 1.53 bits per heavy atom. The molecule has 0 rings (SSSR count). The Morgan fingerprint density at radius 2 is 2.07 bits per heavy atom. The summed E-state index contributed by atoms with van der Waals surface area (Å²) >= 11 is 0. The summed E-state index contributed by atoms with van der Waals surface area (Å²) in [7, 11) is 0. The molecule has 15 heavy (non-hydrogen) atoms. The molecule has 0 aromatic heterocycles. The number of hydrogen-bond acceptors (Lipinski definition) is 4. The fourth-order valence-corrected chi connectivity index (χ4v) is 0.979. The third-order valence-corrected chi connectivity index (χ3v) is 2.26. The lowest BCUT2D eigenvalue weighted by Crippen LogP contribution is -2.47. The molecule has 0 aliphatic carbocycles. The molecule has 0 saturated carbocycles. The van der Waals surface area contributed by atoms with Crippen molar-refractivity contribution in [2.45, 2.75) is 38.9 Å². The van der Waals surface area contributed by atoms with Crippen molar-refractivity contribution in [2.75, 3.05) is 6.54 Å². The van der Waals surface area contributed by atoms with E-state index in [1.54, 1.807) is 13.8 Å². The van der Waals surface area contributed by atoms with Gasteiger partial charge in [0.2, 0.25) is 0 Å². The van der Waals surface area contributed by atoms with Gasteiger partial charge in [0.25, 0.3) is 5.91 Å². The molecule has 0 spiro atoms. The van der Waals surface area contributed by atoms with E-state index in [0.29, 0.717) is 13.0 Å². The highest BCUT2D eigenvalue weighted by Crippen LogP contribution is 2.15. The van der Waals surface area contributed by atoms with Crippen molar-refractivity contribution < 1.29 is 14.3 Å². The van der Waals surface area contributed by atoms with Gasteiger partial charge in [0.1, 0.15) is 6.10 Å². The third kappa shape index (κ3) is 4.75. The minimum Gasteiger partial charge on any atom is -0.361 e. The molecule has 0 aliphatic heterocycles. The molecule has 0 bridgehead atoms. The quantitative estimate of drug-likeness (QED) is 0.588. The van der Waals surface area contributed by atoms with Crippen LogP contribution in [-0.2, 0) is 9.53 Å². The summed E-state index contributed by atoms with van der Waals surface area (Å²) in [6.07, 6.45) is -0.0801. The predicted octanol–water partition coefficient (Wildman–Crippen LogP) is -0.286. The van der Waals surface area contributed by atoms with Gasteiger partial charge in [-0.25, -0.2) is 4.79 Å². The van der Waals surface area contributed by atoms with Crippen molar-refractivity contribution in [3.05, 3.63) is 0 Å². The van der Waals surface area contributed by atoms with E-state index in [1.165, 1.54) is 0 Å². The Bertz CT molecular complexity index is 239. The maximum atomic E-state index is 11.3. The Balaban J connectivity index is 4.28. The highest BCUT2D eigenvalue weighted by molar-refractivity contribution is 5.95. The largest absolute Gasteiger partial charge is 0.361 e. The van der Waals surface area contributed by atoms with Crippen molar-refractivity contribution in [3.63, 3.8) is 0 Å². The summed E-state index contributed by atoms with van der Waals surface area (Å²) in [6, 6.07) is -0.888. The third-order valence-electron chi connectivity index (χ3n) is 2.26. The Labute approximate surface area is 89.3 Å². The van der Waals surface area contributed by atoms with Crippen molar-refractivity contribution in [2.24, 2.45) is 11.5 Å². The van der Waals surface area contributed by atoms with Crippen LogP contribution in [0.3, 0.4) is 0 Å². The Kier molecular flexibility index (Phi) is 5.24. The summed E-state index contributed by atoms with van der Waals surface area (Å²) in [5.74, 6) is -0.560. The zero-order chi connectivity index (χ0) is 12.1. The van der Waals surface area contributed by atoms with E-state index in [0.717, 1.165) is 0 Å². The molecule has 3 amide bonds. The molecule has 0 fully saturated rings. The molecule has 6 nitrogen and oxygen atoms in total. The van der Waals surface area contributed by atoms with Gasteiger partial charge in [-0.05, 0) is 20.3 Å². The lowest BCUT2D eigenvalue weighted by molar-refractivity contribution is -0.142. The minimum absolute atomic E-state index is 0.303. The van der Waals surface area contributed by atoms with Crippen LogP contribution in [0.15, 0.2) is 0 Å². The predicted molar refractivity (Wildman–Crippen MR) is 56.0 cm³/mol. The van der Waals surface area contributed by atoms with Crippen LogP contribution in [0.5, 0.6) is 0 Å². The van der Waals surface area contributed by atoms with Crippen molar-refractivity contribution >= 4 is 11.9 Å². The first kappa shape index (κ1) is 13.9. The fraction of sp³-hybridized carbons (Fsp3) is 0.778. The van der Waals surface area contributed by atoms with E-state index < -0.39 is 23.6 Å². The number of primary amides is 1. The zero-order valence-corrected chi connectivity index (χ0v) is 9.37. The van der Waals surface area contributed by atoms with Crippen LogP contribution in [0.1, 0.15) is 27.2 Å². The van der Waals surface area contributed by atoms with E-state index in [2.05, 4.69) is 0 Å². The van der Waals surface area contributed by atoms with Gasteiger partial charge in [0.05, 0.1) is 5.60 Å². The van der Waals surface area contributed by atoms with Crippen LogP contribution in [0.2, 0.25) is 0 Å². The molecule has 88 valence electrons. The highest BCUT2D eigenvalue weighted by atomic mass is 16.5. The lowest BCUT2D eigenvalue weighted by atomic mass is 10.0. The lowest BCUT2D eigenvalue weighted by Gasteiger charge is -2.29. The molecule has 2 unspecified atom stereocenters. The second-order valence-corrected chi connectivity index (χ2v) is 3.62. The molecule has 0 aromatic carbocycles. The average molecular weight is 217 g/mol. The molecule has 0 saturated heterocycles. The second kappa shape index (κ2) is 5.67. The molecule has 0 aliphatic rings. The van der Waals surface area contributed by atoms with Gasteiger partial charge in [-0.3, -0.25) is 10.1 Å². The first-order valence-corrected chi connectivity index (χ1v) is 4.83. The summed E-state index contributed by atoms with van der Waals surface area (Å²) in [6.45, 7) is 5.56. The van der Waals surface area contributed by atoms with E-state index in [1.807, 2.05) is 12.2 Å². The van der Waals surface area contributed by atoms with E-state index in [-0.39, 0.29) is 0 Å². The number of amides is 3. The molecule has 0 aromatic rings. The van der Waals surface area contributed by atoms with Gasteiger partial charge in [0.15, 0.2) is 0 Å². The first-order chi connectivity index (χ1) is 6.84. The maximum absolute atomic E-state index is 11.3. The highest BCUT2D eigenvalue weighted by Gasteiger charge is 2.27. The Morgan fingerprint density at radius 3 is 2.40 bits per heavy atom. The smallest absolute Gasteiger partial charge is 0.318 e. The van der Waals surface area contributed by atoms with Crippen LogP contribution in [0.25, 0.3) is 0 Å². The number of nitrogens with one attached hydrogen (secondary N) is 1. The van der Waals surface area contributed by atoms with Gasteiger partial charge < -0.3 is 16.2 Å². The minimum atomic E-state index is -0.888. The van der Waals surface area contributed by atoms with E-state index in [9.17, 15) is 9.59 Å². The zero-order valence-electron chi connectivity index (χ0n) is 9.37. The standard InChI is InChI=1S/C9H19N3O3/c1-4-9(3,5-10)15-6(2)7(13)12-8(11)14/h6H,4-5,10H2,1-3H3,(H3,11,12,13,14).